The van der Waals surface area contributed by atoms with Crippen molar-refractivity contribution in [3.05, 3.63) is 233 Å². The van der Waals surface area contributed by atoms with Gasteiger partial charge in [0.25, 0.3) is 0 Å². The number of rotatable bonds is 5. The molecule has 1 aliphatic carbocycles. The summed E-state index contributed by atoms with van der Waals surface area (Å²) < 4.78 is 3.52. The largest absolute Gasteiger partial charge is 0.309 e. The van der Waals surface area contributed by atoms with Crippen LogP contribution in [-0.2, 0) is 5.41 Å². The maximum Gasteiger partial charge on any atom is 0.0714 e. The molecule has 0 saturated heterocycles. The summed E-state index contributed by atoms with van der Waals surface area (Å²) in [5.41, 5.74) is 15.6. The van der Waals surface area contributed by atoms with Crippen LogP contribution in [0.25, 0.3) is 71.6 Å². The predicted molar refractivity (Wildman–Crippen MR) is 234 cm³/mol. The second-order valence-electron chi connectivity index (χ2n) is 14.6. The molecule has 0 bridgehead atoms. The lowest BCUT2D eigenvalue weighted by Crippen LogP contribution is -2.28. The Morgan fingerprint density at radius 1 is 0.364 bits per heavy atom. The smallest absolute Gasteiger partial charge is 0.0714 e. The molecule has 0 N–H and O–H groups in total. The van der Waals surface area contributed by atoms with Crippen LogP contribution in [0.5, 0.6) is 0 Å². The summed E-state index contributed by atoms with van der Waals surface area (Å²) >= 11 is 3.85. The highest BCUT2D eigenvalue weighted by atomic mass is 79.9. The van der Waals surface area contributed by atoms with Gasteiger partial charge in [0, 0.05) is 20.9 Å². The van der Waals surface area contributed by atoms with Gasteiger partial charge in [0.05, 0.1) is 16.4 Å². The summed E-state index contributed by atoms with van der Waals surface area (Å²) in [4.78, 5) is 0. The Kier molecular flexibility index (Phi) is 7.30. The normalized spacial score (nSPS) is 13.0. The van der Waals surface area contributed by atoms with Crippen LogP contribution in [0.1, 0.15) is 22.3 Å². The van der Waals surface area contributed by atoms with E-state index < -0.39 is 5.41 Å². The molecule has 0 radical (unpaired) electrons. The van der Waals surface area contributed by atoms with E-state index in [1.54, 1.807) is 0 Å². The Balaban J connectivity index is 1.16. The molecule has 10 aromatic rings. The Labute approximate surface area is 328 Å². The van der Waals surface area contributed by atoms with E-state index in [9.17, 15) is 0 Å². The van der Waals surface area contributed by atoms with Gasteiger partial charge in [0.2, 0.25) is 0 Å². The van der Waals surface area contributed by atoms with E-state index in [2.05, 4.69) is 227 Å². The first-order valence-corrected chi connectivity index (χ1v) is 19.7. The molecular weight excluding hydrogens is 730 g/mol. The number of nitrogens with zero attached hydrogens (tertiary/aromatic N) is 1. The number of hydrogen-bond donors (Lipinski definition) is 0. The van der Waals surface area contributed by atoms with Crippen molar-refractivity contribution in [2.24, 2.45) is 0 Å². The Morgan fingerprint density at radius 3 is 1.53 bits per heavy atom. The monoisotopic (exact) mass is 763 g/mol. The standard InChI is InChI=1S/C53H34BrN/c54-43-24-27-46-45-26-21-40(33-49(45)53(50(46)34-43,41-16-6-2-7-17-41)42-18-8-3-9-19-42)39-23-29-52-48(32-39)47-31-38(35-12-4-1-5-13-35)22-28-51(47)55(52)44-25-20-36-14-10-11-15-37(36)30-44/h1-34H. The molecule has 0 atom stereocenters. The first-order chi connectivity index (χ1) is 27.2. The van der Waals surface area contributed by atoms with Crippen LogP contribution in [0, 0.1) is 0 Å². The lowest BCUT2D eigenvalue weighted by molar-refractivity contribution is 0.768. The van der Waals surface area contributed by atoms with E-state index in [1.165, 1.54) is 88.2 Å². The van der Waals surface area contributed by atoms with Crippen LogP contribution in [-0.4, -0.2) is 4.57 Å². The van der Waals surface area contributed by atoms with Gasteiger partial charge in [-0.25, -0.2) is 0 Å². The highest BCUT2D eigenvalue weighted by Gasteiger charge is 2.46. The van der Waals surface area contributed by atoms with E-state index in [0.717, 1.165) is 10.2 Å². The van der Waals surface area contributed by atoms with E-state index >= 15 is 0 Å². The molecule has 1 aromatic heterocycles. The topological polar surface area (TPSA) is 4.93 Å². The first kappa shape index (κ1) is 32.0. The minimum Gasteiger partial charge on any atom is -0.309 e. The number of benzene rings is 9. The Morgan fingerprint density at radius 2 is 0.873 bits per heavy atom. The summed E-state index contributed by atoms with van der Waals surface area (Å²) in [7, 11) is 0. The van der Waals surface area contributed by atoms with Crippen molar-refractivity contribution < 1.29 is 0 Å². The molecule has 55 heavy (non-hydrogen) atoms. The molecule has 1 nitrogen and oxygen atoms in total. The summed E-state index contributed by atoms with van der Waals surface area (Å²) in [5.74, 6) is 0. The molecule has 2 heteroatoms. The van der Waals surface area contributed by atoms with Crippen molar-refractivity contribution in [2.45, 2.75) is 5.41 Å². The molecule has 0 unspecified atom stereocenters. The average Bonchev–Trinajstić information content (AvgIpc) is 3.73. The second-order valence-corrected chi connectivity index (χ2v) is 15.5. The molecule has 9 aromatic carbocycles. The van der Waals surface area contributed by atoms with Crippen molar-refractivity contribution >= 4 is 48.5 Å². The van der Waals surface area contributed by atoms with Crippen LogP contribution in [0.15, 0.2) is 211 Å². The summed E-state index contributed by atoms with van der Waals surface area (Å²) in [6.45, 7) is 0. The maximum atomic E-state index is 3.85. The lowest BCUT2D eigenvalue weighted by atomic mass is 9.67. The van der Waals surface area contributed by atoms with Gasteiger partial charge >= 0.3 is 0 Å². The van der Waals surface area contributed by atoms with Crippen LogP contribution in [0.2, 0.25) is 0 Å². The fraction of sp³-hybridized carbons (Fsp3) is 0.0189. The third-order valence-corrected chi connectivity index (χ3v) is 12.2. The van der Waals surface area contributed by atoms with E-state index in [4.69, 9.17) is 0 Å². The highest BCUT2D eigenvalue weighted by molar-refractivity contribution is 9.10. The van der Waals surface area contributed by atoms with Crippen molar-refractivity contribution in [3.8, 4) is 39.1 Å². The Bertz CT molecular complexity index is 3050. The van der Waals surface area contributed by atoms with Crippen molar-refractivity contribution in [1.29, 1.82) is 0 Å². The zero-order chi connectivity index (χ0) is 36.5. The van der Waals surface area contributed by atoms with Gasteiger partial charge < -0.3 is 4.57 Å². The van der Waals surface area contributed by atoms with E-state index in [-0.39, 0.29) is 0 Å². The fourth-order valence-corrected chi connectivity index (χ4v) is 9.61. The predicted octanol–water partition coefficient (Wildman–Crippen LogP) is 14.4. The van der Waals surface area contributed by atoms with Crippen LogP contribution < -0.4 is 0 Å². The summed E-state index contributed by atoms with van der Waals surface area (Å²) in [6.07, 6.45) is 0. The summed E-state index contributed by atoms with van der Waals surface area (Å²) in [6, 6.07) is 76.1. The molecule has 0 spiro atoms. The lowest BCUT2D eigenvalue weighted by Gasteiger charge is -2.34. The van der Waals surface area contributed by atoms with Gasteiger partial charge in [-0.2, -0.15) is 0 Å². The molecule has 0 aliphatic heterocycles. The number of aromatic nitrogens is 1. The van der Waals surface area contributed by atoms with Crippen LogP contribution in [0.3, 0.4) is 0 Å². The molecule has 258 valence electrons. The molecular formula is C53H34BrN. The summed E-state index contributed by atoms with van der Waals surface area (Å²) in [5, 5.41) is 4.96. The number of hydrogen-bond acceptors (Lipinski definition) is 0. The van der Waals surface area contributed by atoms with Gasteiger partial charge in [-0.3, -0.25) is 0 Å². The van der Waals surface area contributed by atoms with Crippen molar-refractivity contribution in [3.63, 3.8) is 0 Å². The van der Waals surface area contributed by atoms with Gasteiger partial charge in [-0.1, -0.05) is 168 Å². The molecule has 1 aliphatic rings. The van der Waals surface area contributed by atoms with E-state index in [0.29, 0.717) is 0 Å². The maximum absolute atomic E-state index is 3.85. The molecule has 0 amide bonds. The van der Waals surface area contributed by atoms with E-state index in [1.807, 2.05) is 0 Å². The van der Waals surface area contributed by atoms with Gasteiger partial charge in [0.15, 0.2) is 0 Å². The SMILES string of the molecule is Brc1ccc2c(c1)C(c1ccccc1)(c1ccccc1)c1cc(-c3ccc4c(c3)c3cc(-c5ccccc5)ccc3n4-c3ccc4ccccc4c3)ccc1-2. The Hall–Kier alpha value is -6.48. The molecule has 0 fully saturated rings. The molecule has 11 rings (SSSR count). The second kappa shape index (κ2) is 12.6. The zero-order valence-electron chi connectivity index (χ0n) is 30.0. The third-order valence-electron chi connectivity index (χ3n) is 11.7. The van der Waals surface area contributed by atoms with Crippen molar-refractivity contribution in [2.75, 3.05) is 0 Å². The number of halogens is 1. The minimum atomic E-state index is -0.478. The van der Waals surface area contributed by atoms with Crippen molar-refractivity contribution in [1.82, 2.24) is 4.57 Å². The average molecular weight is 765 g/mol. The molecule has 1 heterocycles. The zero-order valence-corrected chi connectivity index (χ0v) is 31.5. The first-order valence-electron chi connectivity index (χ1n) is 18.9. The highest BCUT2D eigenvalue weighted by Crippen LogP contribution is 2.57. The third kappa shape index (κ3) is 4.92. The molecule has 0 saturated carbocycles. The minimum absolute atomic E-state index is 0.478. The van der Waals surface area contributed by atoms with Gasteiger partial charge in [-0.05, 0) is 121 Å². The quantitative estimate of drug-likeness (QED) is 0.164. The van der Waals surface area contributed by atoms with Crippen LogP contribution in [0.4, 0.5) is 0 Å². The van der Waals surface area contributed by atoms with Crippen LogP contribution >= 0.6 is 15.9 Å². The fourth-order valence-electron chi connectivity index (χ4n) is 9.25. The number of fused-ring (bicyclic) bond motifs is 7. The van der Waals surface area contributed by atoms with Gasteiger partial charge in [-0.15, -0.1) is 0 Å². The van der Waals surface area contributed by atoms with Gasteiger partial charge in [0.1, 0.15) is 0 Å².